The van der Waals surface area contributed by atoms with Gasteiger partial charge in [-0.05, 0) is 36.2 Å². The minimum Gasteiger partial charge on any atom is -0.334 e. The highest BCUT2D eigenvalue weighted by Gasteiger charge is 2.15. The summed E-state index contributed by atoms with van der Waals surface area (Å²) in [5, 5.41) is 4.53. The highest BCUT2D eigenvalue weighted by Crippen LogP contribution is 2.28. The summed E-state index contributed by atoms with van der Waals surface area (Å²) in [5.41, 5.74) is 1.26. The Bertz CT molecular complexity index is 1290. The van der Waals surface area contributed by atoms with Crippen LogP contribution in [0.3, 0.4) is 0 Å². The third kappa shape index (κ3) is 3.25. The molecule has 0 saturated carbocycles. The number of halogens is 1. The van der Waals surface area contributed by atoms with E-state index >= 15 is 0 Å². The summed E-state index contributed by atoms with van der Waals surface area (Å²) < 4.78 is 6.84. The van der Waals surface area contributed by atoms with Crippen molar-refractivity contribution in [2.24, 2.45) is 5.92 Å². The summed E-state index contributed by atoms with van der Waals surface area (Å²) in [6, 6.07) is 12.5. The number of nitrogens with one attached hydrogen (secondary N) is 1. The van der Waals surface area contributed by atoms with Gasteiger partial charge in [-0.15, -0.1) is 0 Å². The van der Waals surface area contributed by atoms with Crippen LogP contribution in [0.4, 0.5) is 0 Å². The molecule has 4 aromatic rings. The van der Waals surface area contributed by atoms with Gasteiger partial charge in [0, 0.05) is 12.1 Å². The number of fused-ring (bicyclic) bond motifs is 1. The molecule has 0 unspecified atom stereocenters. The van der Waals surface area contributed by atoms with E-state index in [0.29, 0.717) is 45.4 Å². The van der Waals surface area contributed by atoms with Crippen molar-refractivity contribution in [2.45, 2.75) is 20.4 Å². The smallest absolute Gasteiger partial charge is 0.316 e. The van der Waals surface area contributed by atoms with Gasteiger partial charge in [-0.25, -0.2) is 0 Å². The fourth-order valence-corrected chi connectivity index (χ4v) is 3.27. The molecular formula is C20H17ClN4O3. The number of benzene rings is 2. The Labute approximate surface area is 164 Å². The van der Waals surface area contributed by atoms with Crippen LogP contribution in [-0.2, 0) is 6.54 Å². The standard InChI is InChI=1S/C20H17ClN4O3/c1-11(2)10-25-16-8-7-12(9-15(16)22-18(26)20(25)27)17-23-19(28-24-17)13-5-3-4-6-14(13)21/h3-9,11H,10H2,1-2H3,(H,22,26). The number of nitrogens with zero attached hydrogens (tertiary/aromatic N) is 3. The van der Waals surface area contributed by atoms with Crippen molar-refractivity contribution >= 4 is 22.6 Å². The first-order valence-corrected chi connectivity index (χ1v) is 9.17. The summed E-state index contributed by atoms with van der Waals surface area (Å²) in [7, 11) is 0. The second-order valence-corrected chi connectivity index (χ2v) is 7.31. The molecule has 142 valence electrons. The van der Waals surface area contributed by atoms with Gasteiger partial charge in [0.25, 0.3) is 5.89 Å². The monoisotopic (exact) mass is 396 g/mol. The zero-order valence-electron chi connectivity index (χ0n) is 15.3. The quantitative estimate of drug-likeness (QED) is 0.530. The van der Waals surface area contributed by atoms with Crippen LogP contribution in [0.25, 0.3) is 33.9 Å². The van der Waals surface area contributed by atoms with Crippen LogP contribution >= 0.6 is 11.6 Å². The molecule has 2 heterocycles. The molecule has 0 amide bonds. The first-order valence-electron chi connectivity index (χ1n) is 8.80. The van der Waals surface area contributed by atoms with Crippen LogP contribution in [0.1, 0.15) is 13.8 Å². The summed E-state index contributed by atoms with van der Waals surface area (Å²) in [6.45, 7) is 4.43. The Morgan fingerprint density at radius 1 is 1.18 bits per heavy atom. The first kappa shape index (κ1) is 18.2. The Morgan fingerprint density at radius 3 is 2.71 bits per heavy atom. The van der Waals surface area contributed by atoms with Gasteiger partial charge in [-0.3, -0.25) is 9.59 Å². The van der Waals surface area contributed by atoms with Crippen molar-refractivity contribution in [3.8, 4) is 22.8 Å². The maximum Gasteiger partial charge on any atom is 0.316 e. The summed E-state index contributed by atoms with van der Waals surface area (Å²) in [5.74, 6) is 0.885. The Hall–Kier alpha value is -3.19. The Morgan fingerprint density at radius 2 is 1.96 bits per heavy atom. The number of hydrogen-bond acceptors (Lipinski definition) is 5. The van der Waals surface area contributed by atoms with E-state index in [-0.39, 0.29) is 5.92 Å². The number of rotatable bonds is 4. The van der Waals surface area contributed by atoms with E-state index in [1.807, 2.05) is 26.0 Å². The van der Waals surface area contributed by atoms with Gasteiger partial charge in [0.15, 0.2) is 0 Å². The Kier molecular flexibility index (Phi) is 4.60. The van der Waals surface area contributed by atoms with Crippen LogP contribution in [-0.4, -0.2) is 19.7 Å². The third-order valence-corrected chi connectivity index (χ3v) is 4.64. The van der Waals surface area contributed by atoms with E-state index in [9.17, 15) is 9.59 Å². The van der Waals surface area contributed by atoms with Crippen molar-refractivity contribution in [1.82, 2.24) is 19.7 Å². The summed E-state index contributed by atoms with van der Waals surface area (Å²) in [4.78, 5) is 31.3. The lowest BCUT2D eigenvalue weighted by Gasteiger charge is -2.12. The minimum atomic E-state index is -0.657. The molecule has 2 aromatic carbocycles. The molecule has 8 heteroatoms. The van der Waals surface area contributed by atoms with E-state index in [0.717, 1.165) is 0 Å². The van der Waals surface area contributed by atoms with Crippen LogP contribution in [0, 0.1) is 5.92 Å². The molecule has 0 fully saturated rings. The maximum absolute atomic E-state index is 12.2. The van der Waals surface area contributed by atoms with Gasteiger partial charge in [-0.2, -0.15) is 4.98 Å². The van der Waals surface area contributed by atoms with Gasteiger partial charge in [0.05, 0.1) is 21.6 Å². The maximum atomic E-state index is 12.2. The van der Waals surface area contributed by atoms with Crippen LogP contribution in [0.5, 0.6) is 0 Å². The number of H-pyrrole nitrogens is 1. The lowest BCUT2D eigenvalue weighted by atomic mass is 10.1. The number of hydrogen-bond donors (Lipinski definition) is 1. The van der Waals surface area contributed by atoms with Crippen LogP contribution in [0.2, 0.25) is 5.02 Å². The molecule has 2 aromatic heterocycles. The van der Waals surface area contributed by atoms with E-state index in [1.54, 1.807) is 30.3 Å². The van der Waals surface area contributed by atoms with Crippen molar-refractivity contribution in [2.75, 3.05) is 0 Å². The Balaban J connectivity index is 1.81. The predicted octanol–water partition coefficient (Wildman–Crippen LogP) is 3.72. The lowest BCUT2D eigenvalue weighted by molar-refractivity contribution is 0.432. The van der Waals surface area contributed by atoms with Crippen molar-refractivity contribution in [1.29, 1.82) is 0 Å². The van der Waals surface area contributed by atoms with Gasteiger partial charge in [0.1, 0.15) is 0 Å². The molecule has 0 atom stereocenters. The summed E-state index contributed by atoms with van der Waals surface area (Å²) in [6.07, 6.45) is 0. The second kappa shape index (κ2) is 7.09. The van der Waals surface area contributed by atoms with Gasteiger partial charge < -0.3 is 14.1 Å². The largest absolute Gasteiger partial charge is 0.334 e. The zero-order valence-corrected chi connectivity index (χ0v) is 16.0. The number of aromatic nitrogens is 4. The normalized spacial score (nSPS) is 11.4. The van der Waals surface area contributed by atoms with Gasteiger partial charge in [0.2, 0.25) is 5.82 Å². The third-order valence-electron chi connectivity index (χ3n) is 4.31. The average Bonchev–Trinajstić information content (AvgIpc) is 3.15. The minimum absolute atomic E-state index is 0.220. The molecule has 0 radical (unpaired) electrons. The number of aromatic amines is 1. The summed E-state index contributed by atoms with van der Waals surface area (Å²) >= 11 is 6.18. The van der Waals surface area contributed by atoms with E-state index < -0.39 is 11.1 Å². The molecule has 0 spiro atoms. The fourth-order valence-electron chi connectivity index (χ4n) is 3.05. The zero-order chi connectivity index (χ0) is 19.8. The molecule has 0 aliphatic rings. The lowest BCUT2D eigenvalue weighted by Crippen LogP contribution is -2.37. The molecule has 0 aliphatic carbocycles. The van der Waals surface area contributed by atoms with E-state index in [1.165, 1.54) is 4.57 Å². The fraction of sp³-hybridized carbons (Fsp3) is 0.200. The highest BCUT2D eigenvalue weighted by atomic mass is 35.5. The molecule has 0 saturated heterocycles. The van der Waals surface area contributed by atoms with Crippen molar-refractivity contribution < 1.29 is 4.52 Å². The van der Waals surface area contributed by atoms with Crippen LogP contribution in [0.15, 0.2) is 56.6 Å². The van der Waals surface area contributed by atoms with E-state index in [4.69, 9.17) is 16.1 Å². The van der Waals surface area contributed by atoms with E-state index in [2.05, 4.69) is 15.1 Å². The molecule has 1 N–H and O–H groups in total. The predicted molar refractivity (Wildman–Crippen MR) is 107 cm³/mol. The van der Waals surface area contributed by atoms with Crippen molar-refractivity contribution in [3.05, 3.63) is 68.2 Å². The SMILES string of the molecule is CC(C)Cn1c(=O)c(=O)[nH]c2cc(-c3noc(-c4ccccc4Cl)n3)ccc21. The van der Waals surface area contributed by atoms with Crippen molar-refractivity contribution in [3.63, 3.8) is 0 Å². The first-order chi connectivity index (χ1) is 13.4. The molecule has 4 rings (SSSR count). The average molecular weight is 397 g/mol. The molecule has 0 aliphatic heterocycles. The van der Waals surface area contributed by atoms with Gasteiger partial charge >= 0.3 is 11.1 Å². The molecule has 7 nitrogen and oxygen atoms in total. The molecule has 28 heavy (non-hydrogen) atoms. The molecular weight excluding hydrogens is 380 g/mol. The topological polar surface area (TPSA) is 93.8 Å². The second-order valence-electron chi connectivity index (χ2n) is 6.90. The van der Waals surface area contributed by atoms with Crippen LogP contribution < -0.4 is 11.1 Å². The highest BCUT2D eigenvalue weighted by molar-refractivity contribution is 6.33. The molecule has 0 bridgehead atoms. The van der Waals surface area contributed by atoms with Gasteiger partial charge in [-0.1, -0.05) is 42.7 Å².